The van der Waals surface area contributed by atoms with Crippen LogP contribution >= 0.6 is 35.1 Å². The van der Waals surface area contributed by atoms with Crippen molar-refractivity contribution >= 4 is 58.4 Å². The second-order valence-electron chi connectivity index (χ2n) is 9.96. The molecule has 0 N–H and O–H groups in total. The second-order valence-corrected chi connectivity index (χ2v) is 12.7. The molecule has 0 amide bonds. The molecule has 5 aromatic carbocycles. The van der Waals surface area contributed by atoms with E-state index in [1.54, 1.807) is 54.2 Å². The van der Waals surface area contributed by atoms with E-state index in [4.69, 9.17) is 16.4 Å². The monoisotopic (exact) mass is 649 g/mol. The normalized spacial score (nSPS) is 11.2. The lowest BCUT2D eigenvalue weighted by Crippen LogP contribution is -2.17. The van der Waals surface area contributed by atoms with E-state index in [0.29, 0.717) is 33.0 Å². The highest BCUT2D eigenvalue weighted by molar-refractivity contribution is 7.99. The van der Waals surface area contributed by atoms with Crippen LogP contribution in [0.3, 0.4) is 0 Å². The number of aryl methyl sites for hydroxylation is 1. The SMILES string of the molecule is Cc1ccccc1C(=O)c1ccc(Sc2ccc(C(=O)/C(CCSc3ccc(Cl)cc3)=N/OC(=O)c3ccccc3)cc2)cc1. The molecule has 0 fully saturated rings. The minimum atomic E-state index is -0.635. The van der Waals surface area contributed by atoms with Crippen molar-refractivity contribution in [3.05, 3.63) is 160 Å². The molecule has 0 radical (unpaired) electrons. The molecule has 5 nitrogen and oxygen atoms in total. The maximum atomic E-state index is 13.5. The van der Waals surface area contributed by atoms with E-state index in [0.717, 1.165) is 20.2 Å². The van der Waals surface area contributed by atoms with Gasteiger partial charge in [-0.1, -0.05) is 71.0 Å². The van der Waals surface area contributed by atoms with Gasteiger partial charge in [-0.3, -0.25) is 9.59 Å². The van der Waals surface area contributed by atoms with Crippen molar-refractivity contribution in [1.29, 1.82) is 0 Å². The Kier molecular flexibility index (Phi) is 11.0. The molecule has 0 saturated carbocycles. The van der Waals surface area contributed by atoms with Crippen LogP contribution < -0.4 is 0 Å². The maximum Gasteiger partial charge on any atom is 0.365 e. The summed E-state index contributed by atoms with van der Waals surface area (Å²) in [5, 5.41) is 4.66. The summed E-state index contributed by atoms with van der Waals surface area (Å²) in [5.74, 6) is -0.412. The summed E-state index contributed by atoms with van der Waals surface area (Å²) in [7, 11) is 0. The van der Waals surface area contributed by atoms with Crippen molar-refractivity contribution in [1.82, 2.24) is 0 Å². The largest absolute Gasteiger partial charge is 0.365 e. The average molecular weight is 650 g/mol. The second kappa shape index (κ2) is 15.5. The molecule has 5 rings (SSSR count). The quantitative estimate of drug-likeness (QED) is 0.0441. The van der Waals surface area contributed by atoms with E-state index in [9.17, 15) is 14.4 Å². The number of Topliss-reactive ketones (excluding diaryl/α,β-unsaturated/α-hetero) is 1. The fourth-order valence-corrected chi connectivity index (χ4v) is 6.16. The van der Waals surface area contributed by atoms with E-state index in [2.05, 4.69) is 5.16 Å². The third-order valence-corrected chi connectivity index (χ3v) is 9.07. The van der Waals surface area contributed by atoms with E-state index in [-0.39, 0.29) is 23.7 Å². The summed E-state index contributed by atoms with van der Waals surface area (Å²) in [6.07, 6.45) is 0.290. The van der Waals surface area contributed by atoms with Crippen LogP contribution in [0.4, 0.5) is 0 Å². The van der Waals surface area contributed by atoms with Crippen molar-refractivity contribution in [2.24, 2.45) is 5.16 Å². The highest BCUT2D eigenvalue weighted by atomic mass is 35.5. The Hall–Kier alpha value is -4.43. The van der Waals surface area contributed by atoms with Gasteiger partial charge in [0.2, 0.25) is 5.78 Å². The standard InChI is InChI=1S/C37H28ClNO4S2/c1-25-7-5-6-10-33(25)35(40)26-11-17-31(18-12-26)45-32-19-13-27(14-20-32)36(41)34(23-24-44-30-21-15-29(38)16-22-30)39-43-37(42)28-8-3-2-4-9-28/h2-22H,23-24H2,1H3/b39-34+. The van der Waals surface area contributed by atoms with Gasteiger partial charge >= 0.3 is 5.97 Å². The minimum absolute atomic E-state index is 0.00834. The number of thioether (sulfide) groups is 1. The number of ketones is 2. The first-order valence-electron chi connectivity index (χ1n) is 14.1. The molecule has 0 aliphatic carbocycles. The predicted molar refractivity (Wildman–Crippen MR) is 182 cm³/mol. The predicted octanol–water partition coefficient (Wildman–Crippen LogP) is 9.61. The van der Waals surface area contributed by atoms with Gasteiger partial charge in [0.1, 0.15) is 5.71 Å². The molecule has 5 aromatic rings. The first-order valence-corrected chi connectivity index (χ1v) is 16.3. The van der Waals surface area contributed by atoms with Gasteiger partial charge in [0.15, 0.2) is 5.78 Å². The smallest absolute Gasteiger partial charge is 0.312 e. The lowest BCUT2D eigenvalue weighted by molar-refractivity contribution is 0.0514. The van der Waals surface area contributed by atoms with E-state index in [1.165, 1.54) is 11.8 Å². The third-order valence-electron chi connectivity index (χ3n) is 6.79. The van der Waals surface area contributed by atoms with Gasteiger partial charge in [-0.15, -0.1) is 11.8 Å². The van der Waals surface area contributed by atoms with Gasteiger partial charge in [0.25, 0.3) is 0 Å². The molecule has 0 unspecified atom stereocenters. The average Bonchev–Trinajstić information content (AvgIpc) is 3.07. The van der Waals surface area contributed by atoms with E-state index < -0.39 is 5.97 Å². The van der Waals surface area contributed by atoms with Gasteiger partial charge in [0.05, 0.1) is 5.56 Å². The maximum absolute atomic E-state index is 13.5. The molecule has 0 aromatic heterocycles. The molecular weight excluding hydrogens is 622 g/mol. The first-order chi connectivity index (χ1) is 21.9. The van der Waals surface area contributed by atoms with Crippen molar-refractivity contribution in [2.75, 3.05) is 5.75 Å². The van der Waals surface area contributed by atoms with Crippen LogP contribution in [0.1, 0.15) is 48.6 Å². The fourth-order valence-electron chi connectivity index (χ4n) is 4.36. The summed E-state index contributed by atoms with van der Waals surface area (Å²) >= 11 is 9.07. The van der Waals surface area contributed by atoms with Crippen molar-refractivity contribution in [2.45, 2.75) is 28.0 Å². The lowest BCUT2D eigenvalue weighted by Gasteiger charge is -2.08. The third kappa shape index (κ3) is 8.82. The Morgan fingerprint density at radius 3 is 1.89 bits per heavy atom. The summed E-state index contributed by atoms with van der Waals surface area (Å²) < 4.78 is 0. The zero-order chi connectivity index (χ0) is 31.6. The van der Waals surface area contributed by atoms with E-state index in [1.807, 2.05) is 91.9 Å². The molecular formula is C37H28ClNO4S2. The highest BCUT2D eigenvalue weighted by Crippen LogP contribution is 2.29. The molecule has 8 heteroatoms. The Bertz CT molecular complexity index is 1820. The number of rotatable bonds is 12. The van der Waals surface area contributed by atoms with Crippen molar-refractivity contribution < 1.29 is 19.2 Å². The van der Waals surface area contributed by atoms with Crippen LogP contribution in [0.25, 0.3) is 0 Å². The van der Waals surface area contributed by atoms with Crippen LogP contribution in [0.5, 0.6) is 0 Å². The molecule has 45 heavy (non-hydrogen) atoms. The number of hydrogen-bond donors (Lipinski definition) is 0. The molecule has 0 bridgehead atoms. The van der Waals surface area contributed by atoms with Gasteiger partial charge in [-0.25, -0.2) is 4.79 Å². The first kappa shape index (κ1) is 32.0. The number of halogens is 1. The Morgan fingerprint density at radius 1 is 0.667 bits per heavy atom. The molecule has 0 atom stereocenters. The van der Waals surface area contributed by atoms with Crippen LogP contribution in [-0.2, 0) is 4.84 Å². The van der Waals surface area contributed by atoms with Gasteiger partial charge in [-0.2, -0.15) is 0 Å². The van der Waals surface area contributed by atoms with Crippen LogP contribution in [-0.4, -0.2) is 29.0 Å². The summed E-state index contributed by atoms with van der Waals surface area (Å²) in [6, 6.07) is 38.2. The molecule has 0 aliphatic heterocycles. The number of carbonyl (C=O) groups is 3. The molecule has 0 spiro atoms. The minimum Gasteiger partial charge on any atom is -0.312 e. The zero-order valence-corrected chi connectivity index (χ0v) is 26.7. The van der Waals surface area contributed by atoms with Crippen LogP contribution in [0.15, 0.2) is 147 Å². The lowest BCUT2D eigenvalue weighted by atomic mass is 9.99. The van der Waals surface area contributed by atoms with E-state index >= 15 is 0 Å². The Balaban J connectivity index is 1.26. The summed E-state index contributed by atoms with van der Waals surface area (Å²) in [4.78, 5) is 47.0. The number of nitrogens with zero attached hydrogens (tertiary/aromatic N) is 1. The van der Waals surface area contributed by atoms with Crippen LogP contribution in [0.2, 0.25) is 5.02 Å². The number of carbonyl (C=O) groups excluding carboxylic acids is 3. The summed E-state index contributed by atoms with van der Waals surface area (Å²) in [5.41, 5.74) is 3.19. The molecule has 0 aliphatic rings. The number of hydrogen-bond acceptors (Lipinski definition) is 7. The molecule has 0 heterocycles. The highest BCUT2D eigenvalue weighted by Gasteiger charge is 2.18. The zero-order valence-electron chi connectivity index (χ0n) is 24.3. The van der Waals surface area contributed by atoms with Gasteiger partial charge in [-0.05, 0) is 97.4 Å². The number of oxime groups is 1. The van der Waals surface area contributed by atoms with Gasteiger partial charge in [0, 0.05) is 48.6 Å². The van der Waals surface area contributed by atoms with Crippen molar-refractivity contribution in [3.63, 3.8) is 0 Å². The topological polar surface area (TPSA) is 72.8 Å². The molecule has 0 saturated heterocycles. The molecule has 224 valence electrons. The summed E-state index contributed by atoms with van der Waals surface area (Å²) in [6.45, 7) is 1.93. The van der Waals surface area contributed by atoms with Gasteiger partial charge < -0.3 is 4.84 Å². The van der Waals surface area contributed by atoms with Crippen LogP contribution in [0, 0.1) is 6.92 Å². The fraction of sp³-hybridized carbons (Fsp3) is 0.0811. The van der Waals surface area contributed by atoms with Crippen molar-refractivity contribution in [3.8, 4) is 0 Å². The Morgan fingerprint density at radius 2 is 1.24 bits per heavy atom. The number of benzene rings is 5. The Labute approximate surface area is 275 Å².